The molecule has 1 aromatic rings. The normalized spacial score (nSPS) is 9.00. The zero-order valence-corrected chi connectivity index (χ0v) is 9.30. The van der Waals surface area contributed by atoms with Gasteiger partial charge in [0.05, 0.1) is 17.3 Å². The Hall–Kier alpha value is -2.04. The highest BCUT2D eigenvalue weighted by atomic mass is 35.5. The molecule has 1 rings (SSSR count). The third-order valence-electron chi connectivity index (χ3n) is 1.93. The molecule has 0 atom stereocenters. The molecule has 0 saturated carbocycles. The van der Waals surface area contributed by atoms with Crippen LogP contribution in [0.3, 0.4) is 0 Å². The summed E-state index contributed by atoms with van der Waals surface area (Å²) in [7, 11) is 0. The molecular formula is C11H8ClN3O. The second kappa shape index (κ2) is 5.16. The van der Waals surface area contributed by atoms with Crippen molar-refractivity contribution in [3.63, 3.8) is 0 Å². The molecule has 0 aliphatic carbocycles. The smallest absolute Gasteiger partial charge is 0.238 e. The Labute approximate surface area is 98.1 Å². The number of hydrogen-bond donors (Lipinski definition) is 1. The zero-order chi connectivity index (χ0) is 12.1. The number of nitriles is 2. The standard InChI is InChI=1S/C11H8ClN3O/c1-7-4-8(6-14)10(5-9(7)12)15-11(16)2-3-13/h4-5H,2H2,1H3,(H,15,16). The second-order valence-corrected chi connectivity index (χ2v) is 3.55. The number of nitrogens with one attached hydrogen (secondary N) is 1. The molecule has 0 radical (unpaired) electrons. The van der Waals surface area contributed by atoms with Crippen molar-refractivity contribution >= 4 is 23.2 Å². The van der Waals surface area contributed by atoms with E-state index in [0.717, 1.165) is 5.56 Å². The van der Waals surface area contributed by atoms with Crippen LogP contribution >= 0.6 is 11.6 Å². The van der Waals surface area contributed by atoms with Gasteiger partial charge in [-0.2, -0.15) is 10.5 Å². The highest BCUT2D eigenvalue weighted by Crippen LogP contribution is 2.24. The summed E-state index contributed by atoms with van der Waals surface area (Å²) in [5, 5.41) is 20.1. The van der Waals surface area contributed by atoms with Gasteiger partial charge in [0.2, 0.25) is 5.91 Å². The SMILES string of the molecule is Cc1cc(C#N)c(NC(=O)CC#N)cc1Cl. The summed E-state index contributed by atoms with van der Waals surface area (Å²) in [6.07, 6.45) is -0.254. The fraction of sp³-hybridized carbons (Fsp3) is 0.182. The number of carbonyl (C=O) groups is 1. The van der Waals surface area contributed by atoms with Gasteiger partial charge in [-0.1, -0.05) is 11.6 Å². The van der Waals surface area contributed by atoms with E-state index in [0.29, 0.717) is 16.3 Å². The number of rotatable bonds is 2. The largest absolute Gasteiger partial charge is 0.324 e. The minimum Gasteiger partial charge on any atom is -0.324 e. The molecule has 4 nitrogen and oxygen atoms in total. The number of hydrogen-bond acceptors (Lipinski definition) is 3. The first-order valence-electron chi connectivity index (χ1n) is 4.45. The highest BCUT2D eigenvalue weighted by molar-refractivity contribution is 6.31. The molecular weight excluding hydrogens is 226 g/mol. The summed E-state index contributed by atoms with van der Waals surface area (Å²) in [4.78, 5) is 11.2. The van der Waals surface area contributed by atoms with Crippen molar-refractivity contribution < 1.29 is 4.79 Å². The van der Waals surface area contributed by atoms with E-state index in [1.165, 1.54) is 6.07 Å². The Morgan fingerprint density at radius 1 is 1.50 bits per heavy atom. The topological polar surface area (TPSA) is 76.7 Å². The van der Waals surface area contributed by atoms with Gasteiger partial charge in [0.15, 0.2) is 0 Å². The third-order valence-corrected chi connectivity index (χ3v) is 2.34. The summed E-state index contributed by atoms with van der Waals surface area (Å²) in [6, 6.07) is 6.77. The average Bonchev–Trinajstić information content (AvgIpc) is 2.23. The molecule has 0 aliphatic rings. The summed E-state index contributed by atoms with van der Waals surface area (Å²) in [5.74, 6) is -0.459. The summed E-state index contributed by atoms with van der Waals surface area (Å²) in [6.45, 7) is 1.77. The number of anilines is 1. The van der Waals surface area contributed by atoms with Gasteiger partial charge in [0, 0.05) is 5.02 Å². The van der Waals surface area contributed by atoms with Gasteiger partial charge >= 0.3 is 0 Å². The molecule has 0 bridgehead atoms. The fourth-order valence-electron chi connectivity index (χ4n) is 1.14. The molecule has 0 aliphatic heterocycles. The number of nitrogens with zero attached hydrogens (tertiary/aromatic N) is 2. The number of aryl methyl sites for hydroxylation is 1. The zero-order valence-electron chi connectivity index (χ0n) is 8.54. The monoisotopic (exact) mass is 233 g/mol. The van der Waals surface area contributed by atoms with E-state index in [2.05, 4.69) is 5.32 Å². The molecule has 1 amide bonds. The predicted molar refractivity (Wildman–Crippen MR) is 59.8 cm³/mol. The van der Waals surface area contributed by atoms with Crippen molar-refractivity contribution in [2.75, 3.05) is 5.32 Å². The van der Waals surface area contributed by atoms with Crippen LogP contribution in [0.25, 0.3) is 0 Å². The van der Waals surface area contributed by atoms with Gasteiger partial charge in [-0.3, -0.25) is 4.79 Å². The minimum absolute atomic E-state index is 0.254. The van der Waals surface area contributed by atoms with Crippen LogP contribution in [0.2, 0.25) is 5.02 Å². The quantitative estimate of drug-likeness (QED) is 0.852. The lowest BCUT2D eigenvalue weighted by Crippen LogP contribution is -2.11. The van der Waals surface area contributed by atoms with Crippen LogP contribution in [0.1, 0.15) is 17.5 Å². The molecule has 0 unspecified atom stereocenters. The van der Waals surface area contributed by atoms with Crippen LogP contribution in [0.4, 0.5) is 5.69 Å². The number of halogens is 1. The van der Waals surface area contributed by atoms with Gasteiger partial charge in [-0.25, -0.2) is 0 Å². The van der Waals surface area contributed by atoms with E-state index in [4.69, 9.17) is 22.1 Å². The Morgan fingerprint density at radius 2 is 2.19 bits per heavy atom. The molecule has 5 heteroatoms. The Balaban J connectivity index is 3.05. The minimum atomic E-state index is -0.459. The fourth-order valence-corrected chi connectivity index (χ4v) is 1.31. The predicted octanol–water partition coefficient (Wildman–Crippen LogP) is 2.37. The Kier molecular flexibility index (Phi) is 3.88. The maximum Gasteiger partial charge on any atom is 0.238 e. The lowest BCUT2D eigenvalue weighted by Gasteiger charge is -2.07. The second-order valence-electron chi connectivity index (χ2n) is 3.14. The molecule has 1 N–H and O–H groups in total. The van der Waals surface area contributed by atoms with Crippen molar-refractivity contribution in [1.29, 1.82) is 10.5 Å². The van der Waals surface area contributed by atoms with Gasteiger partial charge in [-0.05, 0) is 24.6 Å². The van der Waals surface area contributed by atoms with E-state index in [1.54, 1.807) is 19.1 Å². The van der Waals surface area contributed by atoms with Crippen LogP contribution in [0.5, 0.6) is 0 Å². The molecule has 0 fully saturated rings. The van der Waals surface area contributed by atoms with E-state index in [9.17, 15) is 4.79 Å². The Morgan fingerprint density at radius 3 is 2.75 bits per heavy atom. The molecule has 0 heterocycles. The first-order chi connectivity index (χ1) is 7.58. The van der Waals surface area contributed by atoms with Crippen molar-refractivity contribution in [2.45, 2.75) is 13.3 Å². The van der Waals surface area contributed by atoms with Crippen LogP contribution in [-0.4, -0.2) is 5.91 Å². The molecule has 0 aromatic heterocycles. The van der Waals surface area contributed by atoms with Crippen LogP contribution < -0.4 is 5.32 Å². The van der Waals surface area contributed by atoms with Gasteiger partial charge in [0.1, 0.15) is 12.5 Å². The third kappa shape index (κ3) is 2.73. The summed E-state index contributed by atoms with van der Waals surface area (Å²) in [5.41, 5.74) is 1.42. The van der Waals surface area contributed by atoms with Gasteiger partial charge in [-0.15, -0.1) is 0 Å². The first-order valence-corrected chi connectivity index (χ1v) is 4.83. The van der Waals surface area contributed by atoms with E-state index >= 15 is 0 Å². The van der Waals surface area contributed by atoms with E-state index < -0.39 is 5.91 Å². The molecule has 80 valence electrons. The lowest BCUT2D eigenvalue weighted by molar-refractivity contribution is -0.115. The summed E-state index contributed by atoms with van der Waals surface area (Å²) >= 11 is 5.88. The Bertz CT molecular complexity index is 511. The molecule has 0 spiro atoms. The number of amides is 1. The molecule has 0 saturated heterocycles. The highest BCUT2D eigenvalue weighted by Gasteiger charge is 2.09. The van der Waals surface area contributed by atoms with Crippen molar-refractivity contribution in [3.8, 4) is 12.1 Å². The van der Waals surface area contributed by atoms with E-state index in [-0.39, 0.29) is 6.42 Å². The van der Waals surface area contributed by atoms with E-state index in [1.807, 2.05) is 6.07 Å². The first kappa shape index (κ1) is 12.0. The molecule has 16 heavy (non-hydrogen) atoms. The van der Waals surface area contributed by atoms with Gasteiger partial charge < -0.3 is 5.32 Å². The summed E-state index contributed by atoms with van der Waals surface area (Å²) < 4.78 is 0. The maximum atomic E-state index is 11.2. The number of benzene rings is 1. The molecule has 1 aromatic carbocycles. The maximum absolute atomic E-state index is 11.2. The number of carbonyl (C=O) groups excluding carboxylic acids is 1. The van der Waals surface area contributed by atoms with Crippen molar-refractivity contribution in [2.24, 2.45) is 0 Å². The van der Waals surface area contributed by atoms with Crippen LogP contribution in [0, 0.1) is 29.6 Å². The van der Waals surface area contributed by atoms with Crippen LogP contribution in [0.15, 0.2) is 12.1 Å². The van der Waals surface area contributed by atoms with Crippen molar-refractivity contribution in [3.05, 3.63) is 28.3 Å². The van der Waals surface area contributed by atoms with Crippen molar-refractivity contribution in [1.82, 2.24) is 0 Å². The average molecular weight is 234 g/mol. The van der Waals surface area contributed by atoms with Crippen LogP contribution in [-0.2, 0) is 4.79 Å². The van der Waals surface area contributed by atoms with Gasteiger partial charge in [0.25, 0.3) is 0 Å². The lowest BCUT2D eigenvalue weighted by atomic mass is 10.1.